The first kappa shape index (κ1) is 15.3. The normalized spacial score (nSPS) is 12.3. The monoisotopic (exact) mass is 251 g/mol. The molecule has 0 atom stereocenters. The van der Waals surface area contributed by atoms with Crippen LogP contribution in [0.3, 0.4) is 0 Å². The van der Waals surface area contributed by atoms with Crippen LogP contribution in [0.25, 0.3) is 0 Å². The molecule has 0 saturated carbocycles. The van der Waals surface area contributed by atoms with Crippen molar-refractivity contribution < 1.29 is 13.2 Å². The van der Waals surface area contributed by atoms with Gasteiger partial charge < -0.3 is 10.5 Å². The molecule has 16 heavy (non-hydrogen) atoms. The molecule has 3 N–H and O–H groups in total. The van der Waals surface area contributed by atoms with Crippen LogP contribution in [0.4, 0.5) is 0 Å². The van der Waals surface area contributed by atoms with Gasteiger partial charge in [-0.25, -0.2) is 8.42 Å². The van der Waals surface area contributed by atoms with Gasteiger partial charge in [0.25, 0.3) is 0 Å². The Bertz CT molecular complexity index is 314. The molecule has 0 amide bonds. The summed E-state index contributed by atoms with van der Waals surface area (Å²) in [5.74, 6) is -0.129. The summed E-state index contributed by atoms with van der Waals surface area (Å²) in [5.41, 5.74) is 5.24. The number of amidine groups is 1. The number of hydrogen-bond donors (Lipinski definition) is 2. The van der Waals surface area contributed by atoms with Crippen LogP contribution in [-0.2, 0) is 14.8 Å². The molecular weight excluding hydrogens is 230 g/mol. The second kappa shape index (κ2) is 6.82. The van der Waals surface area contributed by atoms with Gasteiger partial charge in [0.2, 0.25) is 10.0 Å². The molecule has 0 radical (unpaired) electrons. The number of sulfonamides is 1. The molecule has 0 bridgehead atoms. The highest BCUT2D eigenvalue weighted by Gasteiger charge is 2.24. The zero-order valence-corrected chi connectivity index (χ0v) is 10.9. The largest absolute Gasteiger partial charge is 0.387 e. The van der Waals surface area contributed by atoms with Gasteiger partial charge in [0, 0.05) is 19.8 Å². The number of nitrogens with zero attached hydrogens (tertiary/aromatic N) is 1. The van der Waals surface area contributed by atoms with Crippen molar-refractivity contribution in [3.8, 4) is 0 Å². The van der Waals surface area contributed by atoms with E-state index in [0.29, 0.717) is 13.0 Å². The first-order valence-corrected chi connectivity index (χ1v) is 6.73. The summed E-state index contributed by atoms with van der Waals surface area (Å²) in [6.45, 7) is 3.88. The SMILES string of the molecule is COCCCS(=O)(=O)N(CC(=N)N)C(C)C. The molecule has 96 valence electrons. The maximum atomic E-state index is 11.9. The van der Waals surface area contributed by atoms with Gasteiger partial charge in [0.15, 0.2) is 0 Å². The Hall–Kier alpha value is -0.660. The third kappa shape index (κ3) is 5.43. The fourth-order valence-electron chi connectivity index (χ4n) is 1.27. The molecule has 0 rings (SSSR count). The predicted molar refractivity (Wildman–Crippen MR) is 64.0 cm³/mol. The van der Waals surface area contributed by atoms with E-state index in [9.17, 15) is 8.42 Å². The fourth-order valence-corrected chi connectivity index (χ4v) is 2.97. The lowest BCUT2D eigenvalue weighted by atomic mass is 10.4. The molecule has 0 aliphatic carbocycles. The fraction of sp³-hybridized carbons (Fsp3) is 0.889. The van der Waals surface area contributed by atoms with Gasteiger partial charge in [-0.3, -0.25) is 5.41 Å². The minimum atomic E-state index is -3.36. The van der Waals surface area contributed by atoms with E-state index in [0.717, 1.165) is 0 Å². The molecule has 0 fully saturated rings. The lowest BCUT2D eigenvalue weighted by Crippen LogP contribution is -2.43. The van der Waals surface area contributed by atoms with E-state index in [1.165, 1.54) is 11.4 Å². The van der Waals surface area contributed by atoms with E-state index < -0.39 is 10.0 Å². The van der Waals surface area contributed by atoms with Gasteiger partial charge in [-0.15, -0.1) is 0 Å². The average molecular weight is 251 g/mol. The molecule has 0 aromatic heterocycles. The maximum Gasteiger partial charge on any atom is 0.214 e. The topological polar surface area (TPSA) is 96.5 Å². The second-order valence-electron chi connectivity index (χ2n) is 3.83. The number of nitrogens with two attached hydrogens (primary N) is 1. The number of methoxy groups -OCH3 is 1. The molecule has 0 aromatic rings. The number of ether oxygens (including phenoxy) is 1. The standard InChI is InChI=1S/C9H21N3O3S/c1-8(2)12(7-9(10)11)16(13,14)6-4-5-15-3/h8H,4-7H2,1-3H3,(H3,10,11). The van der Waals surface area contributed by atoms with E-state index in [4.69, 9.17) is 15.9 Å². The van der Waals surface area contributed by atoms with Crippen LogP contribution in [0.15, 0.2) is 0 Å². The third-order valence-corrected chi connectivity index (χ3v) is 4.08. The van der Waals surface area contributed by atoms with Crippen LogP contribution < -0.4 is 5.73 Å². The molecule has 0 aliphatic heterocycles. The van der Waals surface area contributed by atoms with Crippen molar-refractivity contribution in [3.63, 3.8) is 0 Å². The Morgan fingerprint density at radius 2 is 2.06 bits per heavy atom. The highest BCUT2D eigenvalue weighted by atomic mass is 32.2. The van der Waals surface area contributed by atoms with Crippen LogP contribution >= 0.6 is 0 Å². The van der Waals surface area contributed by atoms with Crippen molar-refractivity contribution >= 4 is 15.9 Å². The number of rotatable bonds is 8. The Morgan fingerprint density at radius 3 is 2.44 bits per heavy atom. The molecule has 0 aliphatic rings. The zero-order valence-electron chi connectivity index (χ0n) is 10.1. The summed E-state index contributed by atoms with van der Waals surface area (Å²) in [6.07, 6.45) is 0.444. The van der Waals surface area contributed by atoms with Crippen molar-refractivity contribution in [1.29, 1.82) is 5.41 Å². The second-order valence-corrected chi connectivity index (χ2v) is 5.87. The van der Waals surface area contributed by atoms with Gasteiger partial charge in [-0.2, -0.15) is 4.31 Å². The summed E-state index contributed by atoms with van der Waals surface area (Å²) in [4.78, 5) is 0. The van der Waals surface area contributed by atoms with Crippen LogP contribution in [0.1, 0.15) is 20.3 Å². The lowest BCUT2D eigenvalue weighted by Gasteiger charge is -2.25. The van der Waals surface area contributed by atoms with Crippen molar-refractivity contribution in [2.45, 2.75) is 26.3 Å². The summed E-state index contributed by atoms with van der Waals surface area (Å²) in [7, 11) is -1.83. The summed E-state index contributed by atoms with van der Waals surface area (Å²) >= 11 is 0. The Balaban J connectivity index is 4.57. The smallest absolute Gasteiger partial charge is 0.214 e. The molecule has 7 heteroatoms. The number of nitrogens with one attached hydrogen (secondary N) is 1. The molecule has 0 saturated heterocycles. The van der Waals surface area contributed by atoms with Crippen molar-refractivity contribution in [2.75, 3.05) is 26.0 Å². The summed E-state index contributed by atoms with van der Waals surface area (Å²) < 4.78 is 29.9. The van der Waals surface area contributed by atoms with Gasteiger partial charge in [0.05, 0.1) is 12.3 Å². The molecule has 6 nitrogen and oxygen atoms in total. The van der Waals surface area contributed by atoms with Gasteiger partial charge in [-0.05, 0) is 20.3 Å². The summed E-state index contributed by atoms with van der Waals surface area (Å²) in [5, 5.41) is 7.16. The maximum absolute atomic E-state index is 11.9. The third-order valence-electron chi connectivity index (χ3n) is 2.01. The van der Waals surface area contributed by atoms with Gasteiger partial charge in [0.1, 0.15) is 5.84 Å². The minimum Gasteiger partial charge on any atom is -0.387 e. The van der Waals surface area contributed by atoms with Crippen molar-refractivity contribution in [2.24, 2.45) is 5.73 Å². The Morgan fingerprint density at radius 1 is 1.50 bits per heavy atom. The predicted octanol–water partition coefficient (Wildman–Crippen LogP) is -0.000930. The molecule has 0 heterocycles. The highest BCUT2D eigenvalue weighted by Crippen LogP contribution is 2.08. The number of hydrogen-bond acceptors (Lipinski definition) is 4. The van der Waals surface area contributed by atoms with Crippen LogP contribution in [0.2, 0.25) is 0 Å². The first-order valence-electron chi connectivity index (χ1n) is 5.12. The zero-order chi connectivity index (χ0) is 12.8. The first-order chi connectivity index (χ1) is 7.31. The quantitative estimate of drug-likeness (QED) is 0.360. The van der Waals surface area contributed by atoms with E-state index >= 15 is 0 Å². The van der Waals surface area contributed by atoms with E-state index in [2.05, 4.69) is 0 Å². The van der Waals surface area contributed by atoms with E-state index in [-0.39, 0.29) is 24.2 Å². The lowest BCUT2D eigenvalue weighted by molar-refractivity contribution is 0.199. The molecule has 0 spiro atoms. The highest BCUT2D eigenvalue weighted by molar-refractivity contribution is 7.89. The van der Waals surface area contributed by atoms with Crippen LogP contribution in [0.5, 0.6) is 0 Å². The molecule has 0 unspecified atom stereocenters. The van der Waals surface area contributed by atoms with Gasteiger partial charge >= 0.3 is 0 Å². The van der Waals surface area contributed by atoms with Crippen molar-refractivity contribution in [3.05, 3.63) is 0 Å². The molecule has 0 aromatic carbocycles. The molecular formula is C9H21N3O3S. The summed E-state index contributed by atoms with van der Waals surface area (Å²) in [6, 6.07) is -0.198. The van der Waals surface area contributed by atoms with E-state index in [1.54, 1.807) is 13.8 Å². The Kier molecular flexibility index (Phi) is 6.54. The average Bonchev–Trinajstić information content (AvgIpc) is 2.13. The van der Waals surface area contributed by atoms with Crippen molar-refractivity contribution in [1.82, 2.24) is 4.31 Å². The Labute approximate surface area is 97.3 Å². The van der Waals surface area contributed by atoms with Crippen LogP contribution in [0, 0.1) is 5.41 Å². The van der Waals surface area contributed by atoms with E-state index in [1.807, 2.05) is 0 Å². The van der Waals surface area contributed by atoms with Gasteiger partial charge in [-0.1, -0.05) is 0 Å². The minimum absolute atomic E-state index is 0.0201. The van der Waals surface area contributed by atoms with Crippen LogP contribution in [-0.4, -0.2) is 50.6 Å².